The SMILES string of the molecule is O=C(N[C@H]1COc2ccccc21)N1CC[C@@](O)(C(F)(F)F)C1. The number of ether oxygens (including phenoxy) is 1. The van der Waals surface area contributed by atoms with Gasteiger partial charge in [-0.25, -0.2) is 4.79 Å². The van der Waals surface area contributed by atoms with Crippen LogP contribution in [-0.4, -0.2) is 47.5 Å². The number of hydrogen-bond acceptors (Lipinski definition) is 3. The van der Waals surface area contributed by atoms with Crippen LogP contribution in [-0.2, 0) is 0 Å². The third-order valence-electron chi connectivity index (χ3n) is 4.06. The van der Waals surface area contributed by atoms with Crippen molar-refractivity contribution in [3.8, 4) is 5.75 Å². The largest absolute Gasteiger partial charge is 0.491 e. The van der Waals surface area contributed by atoms with Gasteiger partial charge in [0.2, 0.25) is 0 Å². The maximum atomic E-state index is 12.8. The first-order valence-corrected chi connectivity index (χ1v) is 6.86. The first-order chi connectivity index (χ1) is 10.3. The van der Waals surface area contributed by atoms with E-state index in [0.717, 1.165) is 10.5 Å². The molecule has 0 aliphatic carbocycles. The Hall–Kier alpha value is -1.96. The van der Waals surface area contributed by atoms with Gasteiger partial charge in [-0.1, -0.05) is 18.2 Å². The second-order valence-electron chi connectivity index (χ2n) is 5.55. The zero-order chi connectivity index (χ0) is 16.0. The smallest absolute Gasteiger partial charge is 0.419 e. The molecule has 2 aliphatic rings. The lowest BCUT2D eigenvalue weighted by molar-refractivity contribution is -0.253. The minimum Gasteiger partial charge on any atom is -0.491 e. The zero-order valence-electron chi connectivity index (χ0n) is 11.6. The summed E-state index contributed by atoms with van der Waals surface area (Å²) < 4.78 is 43.7. The zero-order valence-corrected chi connectivity index (χ0v) is 11.6. The molecule has 2 amide bonds. The number of alkyl halides is 3. The number of aliphatic hydroxyl groups is 1. The van der Waals surface area contributed by atoms with Gasteiger partial charge >= 0.3 is 12.2 Å². The Morgan fingerprint density at radius 3 is 2.82 bits per heavy atom. The highest BCUT2D eigenvalue weighted by molar-refractivity contribution is 5.75. The number of β-amino-alcohol motifs (C(OH)–C–C–N with tert-alkyl or cyclic N) is 1. The summed E-state index contributed by atoms with van der Waals surface area (Å²) in [5.74, 6) is 0.654. The summed E-state index contributed by atoms with van der Waals surface area (Å²) in [6.45, 7) is -0.656. The van der Waals surface area contributed by atoms with Crippen LogP contribution in [0.4, 0.5) is 18.0 Å². The molecule has 22 heavy (non-hydrogen) atoms. The summed E-state index contributed by atoms with van der Waals surface area (Å²) in [5.41, 5.74) is -2.03. The molecule has 2 N–H and O–H groups in total. The number of likely N-dealkylation sites (tertiary alicyclic amines) is 1. The normalized spacial score (nSPS) is 27.5. The van der Waals surface area contributed by atoms with E-state index in [9.17, 15) is 23.1 Å². The van der Waals surface area contributed by atoms with Crippen molar-refractivity contribution < 1.29 is 27.8 Å². The molecule has 8 heteroatoms. The monoisotopic (exact) mass is 316 g/mol. The Kier molecular flexibility index (Phi) is 3.43. The average Bonchev–Trinajstić information content (AvgIpc) is 3.04. The van der Waals surface area contributed by atoms with Gasteiger partial charge in [-0.3, -0.25) is 0 Å². The van der Waals surface area contributed by atoms with E-state index >= 15 is 0 Å². The number of nitrogens with zero attached hydrogens (tertiary/aromatic N) is 1. The molecule has 1 fully saturated rings. The van der Waals surface area contributed by atoms with Crippen molar-refractivity contribution >= 4 is 6.03 Å². The summed E-state index contributed by atoms with van der Waals surface area (Å²) in [6, 6.07) is 6.12. The lowest BCUT2D eigenvalue weighted by Gasteiger charge is -2.26. The van der Waals surface area contributed by atoms with Gasteiger partial charge in [0.05, 0.1) is 12.6 Å². The Bertz CT molecular complexity index is 593. The standard InChI is InChI=1S/C14H15F3N2O3/c15-14(16,17)13(21)5-6-19(8-13)12(20)18-10-7-22-11-4-2-1-3-9(10)11/h1-4,10,21H,5-8H2,(H,18,20)/t10-,13-/m0/s1. The molecule has 1 aromatic rings. The highest BCUT2D eigenvalue weighted by Gasteiger charge is 2.57. The van der Waals surface area contributed by atoms with E-state index < -0.39 is 36.8 Å². The molecule has 1 saturated heterocycles. The van der Waals surface area contributed by atoms with Crippen molar-refractivity contribution in [2.75, 3.05) is 19.7 Å². The molecule has 120 valence electrons. The van der Waals surface area contributed by atoms with Crippen LogP contribution in [0.5, 0.6) is 5.75 Å². The number of urea groups is 1. The van der Waals surface area contributed by atoms with Crippen LogP contribution in [0, 0.1) is 0 Å². The van der Waals surface area contributed by atoms with Crippen LogP contribution in [0.3, 0.4) is 0 Å². The Morgan fingerprint density at radius 1 is 1.41 bits per heavy atom. The fraction of sp³-hybridized carbons (Fsp3) is 0.500. The lowest BCUT2D eigenvalue weighted by atomic mass is 10.0. The number of para-hydroxylation sites is 1. The Labute approximate surface area is 124 Å². The fourth-order valence-electron chi connectivity index (χ4n) is 2.72. The van der Waals surface area contributed by atoms with Crippen molar-refractivity contribution in [3.05, 3.63) is 29.8 Å². The lowest BCUT2D eigenvalue weighted by Crippen LogP contribution is -2.49. The number of benzene rings is 1. The number of carbonyl (C=O) groups is 1. The van der Waals surface area contributed by atoms with Gasteiger partial charge in [0.15, 0.2) is 5.60 Å². The van der Waals surface area contributed by atoms with Gasteiger partial charge in [0.1, 0.15) is 12.4 Å². The van der Waals surface area contributed by atoms with Crippen LogP contribution >= 0.6 is 0 Å². The number of carbonyl (C=O) groups excluding carboxylic acids is 1. The van der Waals surface area contributed by atoms with Crippen LogP contribution in [0.15, 0.2) is 24.3 Å². The van der Waals surface area contributed by atoms with Gasteiger partial charge in [0, 0.05) is 18.5 Å². The van der Waals surface area contributed by atoms with Crippen molar-refractivity contribution in [1.82, 2.24) is 10.2 Å². The van der Waals surface area contributed by atoms with E-state index in [1.165, 1.54) is 0 Å². The second-order valence-corrected chi connectivity index (χ2v) is 5.55. The van der Waals surface area contributed by atoms with Gasteiger partial charge in [0.25, 0.3) is 0 Å². The van der Waals surface area contributed by atoms with Crippen molar-refractivity contribution in [2.45, 2.75) is 24.2 Å². The van der Waals surface area contributed by atoms with Gasteiger partial charge in [-0.05, 0) is 6.07 Å². The quantitative estimate of drug-likeness (QED) is 0.831. The predicted octanol–water partition coefficient (Wildman–Crippen LogP) is 1.83. The van der Waals surface area contributed by atoms with Gasteiger partial charge < -0.3 is 20.1 Å². The topological polar surface area (TPSA) is 61.8 Å². The van der Waals surface area contributed by atoms with E-state index in [1.807, 2.05) is 0 Å². The molecule has 0 spiro atoms. The first-order valence-electron chi connectivity index (χ1n) is 6.86. The molecule has 2 atom stereocenters. The average molecular weight is 316 g/mol. The molecule has 5 nitrogen and oxygen atoms in total. The number of halogens is 3. The molecule has 0 saturated carbocycles. The highest BCUT2D eigenvalue weighted by atomic mass is 19.4. The Balaban J connectivity index is 1.65. The molecule has 2 aliphatic heterocycles. The van der Waals surface area contributed by atoms with Crippen LogP contribution < -0.4 is 10.1 Å². The van der Waals surface area contributed by atoms with Crippen molar-refractivity contribution in [2.24, 2.45) is 0 Å². The first kappa shape index (κ1) is 15.0. The molecule has 0 aromatic heterocycles. The van der Waals surface area contributed by atoms with Crippen LogP contribution in [0.1, 0.15) is 18.0 Å². The third kappa shape index (κ3) is 2.47. The fourth-order valence-corrected chi connectivity index (χ4v) is 2.72. The van der Waals surface area contributed by atoms with Crippen LogP contribution in [0.25, 0.3) is 0 Å². The number of fused-ring (bicyclic) bond motifs is 1. The third-order valence-corrected chi connectivity index (χ3v) is 4.06. The molecule has 3 rings (SSSR count). The number of amides is 2. The van der Waals surface area contributed by atoms with E-state index in [1.54, 1.807) is 24.3 Å². The molecule has 0 radical (unpaired) electrons. The van der Waals surface area contributed by atoms with Gasteiger partial charge in [-0.2, -0.15) is 13.2 Å². The van der Waals surface area contributed by atoms with Crippen molar-refractivity contribution in [3.63, 3.8) is 0 Å². The molecular formula is C14H15F3N2O3. The highest BCUT2D eigenvalue weighted by Crippen LogP contribution is 2.38. The molecular weight excluding hydrogens is 301 g/mol. The second kappa shape index (κ2) is 5.05. The van der Waals surface area contributed by atoms with Crippen LogP contribution in [0.2, 0.25) is 0 Å². The van der Waals surface area contributed by atoms with E-state index in [2.05, 4.69) is 5.32 Å². The minimum atomic E-state index is -4.74. The number of rotatable bonds is 1. The number of hydrogen-bond donors (Lipinski definition) is 2. The summed E-state index contributed by atoms with van der Waals surface area (Å²) in [4.78, 5) is 13.1. The molecule has 0 bridgehead atoms. The summed E-state index contributed by atoms with van der Waals surface area (Å²) in [5, 5.41) is 12.2. The molecule has 2 heterocycles. The summed E-state index contributed by atoms with van der Waals surface area (Å²) in [7, 11) is 0. The Morgan fingerprint density at radius 2 is 2.14 bits per heavy atom. The molecule has 1 aromatic carbocycles. The summed E-state index contributed by atoms with van der Waals surface area (Å²) in [6.07, 6.45) is -5.26. The van der Waals surface area contributed by atoms with E-state index in [0.29, 0.717) is 5.75 Å². The number of nitrogens with one attached hydrogen (secondary N) is 1. The summed E-state index contributed by atoms with van der Waals surface area (Å²) >= 11 is 0. The predicted molar refractivity (Wildman–Crippen MR) is 70.4 cm³/mol. The van der Waals surface area contributed by atoms with E-state index in [-0.39, 0.29) is 13.2 Å². The maximum Gasteiger partial charge on any atom is 0.419 e. The maximum absolute atomic E-state index is 12.8. The minimum absolute atomic E-state index is 0.142. The van der Waals surface area contributed by atoms with Gasteiger partial charge in [-0.15, -0.1) is 0 Å². The molecule has 0 unspecified atom stereocenters. The van der Waals surface area contributed by atoms with E-state index in [4.69, 9.17) is 4.74 Å². The van der Waals surface area contributed by atoms with Crippen molar-refractivity contribution in [1.29, 1.82) is 0 Å².